The Kier molecular flexibility index (Phi) is 4.72. The molecule has 0 spiro atoms. The normalized spacial score (nSPS) is 16.4. The maximum Gasteiger partial charge on any atom is 0.238 e. The molecule has 0 aliphatic carbocycles. The van der Waals surface area contributed by atoms with Gasteiger partial charge in [-0.25, -0.2) is 15.4 Å². The molecule has 0 radical (unpaired) electrons. The lowest BCUT2D eigenvalue weighted by molar-refractivity contribution is 0.0626. The van der Waals surface area contributed by atoms with Crippen molar-refractivity contribution in [3.63, 3.8) is 0 Å². The van der Waals surface area contributed by atoms with Gasteiger partial charge in [-0.05, 0) is 43.0 Å². The number of nitrogens with one attached hydrogen (secondary N) is 1. The Labute approximate surface area is 178 Å². The molecule has 1 N–H and O–H groups in total. The summed E-state index contributed by atoms with van der Waals surface area (Å²) in [7, 11) is 1.61. The fourth-order valence-electron chi connectivity index (χ4n) is 3.64. The lowest BCUT2D eigenvalue weighted by Gasteiger charge is -2.22. The van der Waals surface area contributed by atoms with Crippen LogP contribution < -0.4 is 10.2 Å². The Morgan fingerprint density at radius 2 is 2.07 bits per heavy atom. The van der Waals surface area contributed by atoms with E-state index >= 15 is 0 Å². The summed E-state index contributed by atoms with van der Waals surface area (Å²) in [5.41, 5.74) is 6.58. The van der Waals surface area contributed by atoms with E-state index in [1.165, 1.54) is 20.5 Å². The van der Waals surface area contributed by atoms with Crippen LogP contribution in [-0.2, 0) is 4.84 Å². The van der Waals surface area contributed by atoms with Gasteiger partial charge in [0.2, 0.25) is 5.88 Å². The molecule has 3 aromatic heterocycles. The maximum atomic E-state index is 5.68. The van der Waals surface area contributed by atoms with Gasteiger partial charge in [0.15, 0.2) is 5.84 Å². The molecule has 0 amide bonds. The quantitative estimate of drug-likeness (QED) is 0.538. The molecule has 7 nitrogen and oxygen atoms in total. The van der Waals surface area contributed by atoms with Crippen LogP contribution in [0.1, 0.15) is 27.9 Å². The first-order valence-corrected chi connectivity index (χ1v) is 10.5. The first-order chi connectivity index (χ1) is 14.6. The Balaban J connectivity index is 1.51. The van der Waals surface area contributed by atoms with E-state index in [-0.39, 0.29) is 6.04 Å². The number of benzene rings is 1. The first kappa shape index (κ1) is 18.8. The summed E-state index contributed by atoms with van der Waals surface area (Å²) in [6.45, 7) is 4.56. The van der Waals surface area contributed by atoms with E-state index in [0.29, 0.717) is 24.0 Å². The summed E-state index contributed by atoms with van der Waals surface area (Å²) >= 11 is 1.77. The molecule has 1 aliphatic heterocycles. The molecule has 152 valence electrons. The monoisotopic (exact) mass is 419 g/mol. The summed E-state index contributed by atoms with van der Waals surface area (Å²) in [5, 5.41) is 1.27. The van der Waals surface area contributed by atoms with Gasteiger partial charge in [-0.3, -0.25) is 9.83 Å². The van der Waals surface area contributed by atoms with Crippen LogP contribution in [0.25, 0.3) is 15.8 Å². The third-order valence-corrected chi connectivity index (χ3v) is 6.52. The van der Waals surface area contributed by atoms with Crippen molar-refractivity contribution in [1.82, 2.24) is 20.0 Å². The highest BCUT2D eigenvalue weighted by Gasteiger charge is 2.24. The minimum atomic E-state index is -0.0811. The lowest BCUT2D eigenvalue weighted by Crippen LogP contribution is -2.33. The summed E-state index contributed by atoms with van der Waals surface area (Å²) in [4.78, 5) is 20.7. The highest BCUT2D eigenvalue weighted by atomic mass is 32.1. The smallest absolute Gasteiger partial charge is 0.238 e. The molecule has 1 atom stereocenters. The molecular weight excluding hydrogens is 398 g/mol. The van der Waals surface area contributed by atoms with E-state index in [4.69, 9.17) is 14.6 Å². The number of imidazole rings is 1. The zero-order chi connectivity index (χ0) is 20.7. The van der Waals surface area contributed by atoms with Gasteiger partial charge in [-0.1, -0.05) is 18.2 Å². The van der Waals surface area contributed by atoms with Crippen LogP contribution in [0.2, 0.25) is 0 Å². The second-order valence-electron chi connectivity index (χ2n) is 7.14. The fraction of sp³-hybridized carbons (Fsp3) is 0.227. The molecule has 0 saturated carbocycles. The fourth-order valence-corrected chi connectivity index (χ4v) is 4.87. The van der Waals surface area contributed by atoms with E-state index in [2.05, 4.69) is 46.6 Å². The van der Waals surface area contributed by atoms with Crippen molar-refractivity contribution in [1.29, 1.82) is 0 Å². The number of thiophene rings is 1. The van der Waals surface area contributed by atoms with Crippen molar-refractivity contribution in [3.8, 4) is 11.6 Å². The van der Waals surface area contributed by atoms with Crippen molar-refractivity contribution in [2.45, 2.75) is 19.9 Å². The third-order valence-electron chi connectivity index (χ3n) is 5.14. The molecule has 0 saturated heterocycles. The predicted molar refractivity (Wildman–Crippen MR) is 118 cm³/mol. The zero-order valence-corrected chi connectivity index (χ0v) is 17.7. The number of hydrogen-bond donors (Lipinski definition) is 1. The van der Waals surface area contributed by atoms with Gasteiger partial charge < -0.3 is 9.30 Å². The molecule has 4 aromatic rings. The number of aliphatic imine (C=N–C) groups is 1. The van der Waals surface area contributed by atoms with Crippen LogP contribution in [0, 0.1) is 13.8 Å². The standard InChI is InChI=1S/C22H21N5O2S/c1-13-10-27(12-23-13)18-9-8-16(25-22(18)28-3)21-24-17(11-29-26-21)20-14(2)15-6-4-5-7-19(15)30-20/h4-10,12,17H,11H2,1-3H3,(H,24,26). The second kappa shape index (κ2) is 7.55. The molecule has 5 rings (SSSR count). The van der Waals surface area contributed by atoms with Crippen molar-refractivity contribution in [2.24, 2.45) is 4.99 Å². The van der Waals surface area contributed by atoms with Crippen LogP contribution in [0.3, 0.4) is 0 Å². The van der Waals surface area contributed by atoms with Crippen molar-refractivity contribution in [2.75, 3.05) is 13.7 Å². The minimum Gasteiger partial charge on any atom is -0.479 e. The summed E-state index contributed by atoms with van der Waals surface area (Å²) in [6.07, 6.45) is 3.67. The van der Waals surface area contributed by atoms with Gasteiger partial charge in [0.1, 0.15) is 24.0 Å². The third kappa shape index (κ3) is 3.24. The van der Waals surface area contributed by atoms with Gasteiger partial charge in [-0.15, -0.1) is 11.3 Å². The number of methoxy groups -OCH3 is 1. The number of pyridine rings is 1. The Morgan fingerprint density at radius 3 is 2.83 bits per heavy atom. The number of aromatic nitrogens is 3. The molecule has 4 heterocycles. The topological polar surface area (TPSA) is 73.6 Å². The van der Waals surface area contributed by atoms with Crippen molar-refractivity contribution < 1.29 is 9.57 Å². The molecule has 1 aromatic carbocycles. The summed E-state index contributed by atoms with van der Waals surface area (Å²) in [5.74, 6) is 1.09. The van der Waals surface area contributed by atoms with Crippen LogP contribution in [-0.4, -0.2) is 34.1 Å². The molecule has 0 bridgehead atoms. The number of hydroxylamine groups is 1. The first-order valence-electron chi connectivity index (χ1n) is 9.64. The highest BCUT2D eigenvalue weighted by molar-refractivity contribution is 7.19. The van der Waals surface area contributed by atoms with E-state index in [1.807, 2.05) is 29.8 Å². The molecule has 30 heavy (non-hydrogen) atoms. The lowest BCUT2D eigenvalue weighted by atomic mass is 10.1. The van der Waals surface area contributed by atoms with Crippen LogP contribution in [0.4, 0.5) is 0 Å². The van der Waals surface area contributed by atoms with Gasteiger partial charge >= 0.3 is 0 Å². The number of fused-ring (bicyclic) bond motifs is 1. The van der Waals surface area contributed by atoms with Crippen molar-refractivity contribution >= 4 is 27.3 Å². The summed E-state index contributed by atoms with van der Waals surface area (Å²) in [6, 6.07) is 12.2. The highest BCUT2D eigenvalue weighted by Crippen LogP contribution is 2.37. The largest absolute Gasteiger partial charge is 0.479 e. The molecular formula is C22H21N5O2S. The van der Waals surface area contributed by atoms with Crippen LogP contribution >= 0.6 is 11.3 Å². The van der Waals surface area contributed by atoms with Gasteiger partial charge in [-0.2, -0.15) is 0 Å². The SMILES string of the molecule is COc1nc(C2=NC(c3sc4ccccc4c3C)CON2)ccc1-n1cnc(C)c1. The van der Waals surface area contributed by atoms with Gasteiger partial charge in [0.05, 0.1) is 19.1 Å². The number of amidine groups is 1. The van der Waals surface area contributed by atoms with Crippen LogP contribution in [0.5, 0.6) is 5.88 Å². The predicted octanol–water partition coefficient (Wildman–Crippen LogP) is 4.13. The molecule has 1 aliphatic rings. The van der Waals surface area contributed by atoms with E-state index < -0.39 is 0 Å². The Hall–Kier alpha value is -3.23. The average Bonchev–Trinajstić information content (AvgIpc) is 3.37. The number of rotatable bonds is 4. The number of hydrogen-bond acceptors (Lipinski definition) is 7. The van der Waals surface area contributed by atoms with E-state index in [0.717, 1.165) is 11.4 Å². The molecule has 1 unspecified atom stereocenters. The second-order valence-corrected chi connectivity index (χ2v) is 8.23. The Bertz CT molecular complexity index is 1260. The van der Waals surface area contributed by atoms with E-state index in [1.54, 1.807) is 24.8 Å². The number of aryl methyl sites for hydroxylation is 2. The number of nitrogens with zero attached hydrogens (tertiary/aromatic N) is 4. The molecule has 8 heteroatoms. The van der Waals surface area contributed by atoms with Gasteiger partial charge in [0, 0.05) is 15.8 Å². The van der Waals surface area contributed by atoms with Crippen LogP contribution in [0.15, 0.2) is 53.9 Å². The van der Waals surface area contributed by atoms with Crippen molar-refractivity contribution in [3.05, 3.63) is 70.8 Å². The number of ether oxygens (including phenoxy) is 1. The minimum absolute atomic E-state index is 0.0811. The zero-order valence-electron chi connectivity index (χ0n) is 16.9. The molecule has 0 fully saturated rings. The van der Waals surface area contributed by atoms with Gasteiger partial charge in [0.25, 0.3) is 0 Å². The average molecular weight is 420 g/mol. The Morgan fingerprint density at radius 1 is 1.20 bits per heavy atom. The maximum absolute atomic E-state index is 5.68. The summed E-state index contributed by atoms with van der Waals surface area (Å²) < 4.78 is 8.68. The van der Waals surface area contributed by atoms with E-state index in [9.17, 15) is 0 Å².